The molecule has 1 fully saturated rings. The van der Waals surface area contributed by atoms with Crippen LogP contribution in [0.4, 0.5) is 15.3 Å². The van der Waals surface area contributed by atoms with Crippen LogP contribution in [0.15, 0.2) is 24.3 Å². The van der Waals surface area contributed by atoms with E-state index in [1.165, 1.54) is 0 Å². The number of primary amides is 1. The van der Waals surface area contributed by atoms with Gasteiger partial charge >= 0.3 is 12.1 Å². The van der Waals surface area contributed by atoms with Crippen molar-refractivity contribution >= 4 is 29.4 Å². The van der Waals surface area contributed by atoms with E-state index < -0.39 is 6.03 Å². The smallest absolute Gasteiger partial charge is 0.321 e. The van der Waals surface area contributed by atoms with Crippen LogP contribution in [0.25, 0.3) is 0 Å². The van der Waals surface area contributed by atoms with Gasteiger partial charge in [-0.3, -0.25) is 0 Å². The van der Waals surface area contributed by atoms with Crippen molar-refractivity contribution in [2.24, 2.45) is 5.73 Å². The van der Waals surface area contributed by atoms with Crippen molar-refractivity contribution in [3.8, 4) is 0 Å². The summed E-state index contributed by atoms with van der Waals surface area (Å²) >= 11 is 5.79. The molecule has 108 valence electrons. The molecule has 1 saturated heterocycles. The molecule has 7 heteroatoms. The van der Waals surface area contributed by atoms with Crippen molar-refractivity contribution in [1.82, 2.24) is 9.80 Å². The Morgan fingerprint density at radius 1 is 1.05 bits per heavy atom. The van der Waals surface area contributed by atoms with Crippen molar-refractivity contribution in [1.29, 1.82) is 0 Å². The summed E-state index contributed by atoms with van der Waals surface area (Å²) in [6, 6.07) is 6.30. The second kappa shape index (κ2) is 6.47. The van der Waals surface area contributed by atoms with Crippen LogP contribution in [0.3, 0.4) is 0 Å². The fourth-order valence-corrected chi connectivity index (χ4v) is 2.20. The third kappa shape index (κ3) is 3.77. The number of anilines is 1. The molecule has 1 aliphatic heterocycles. The van der Waals surface area contributed by atoms with Crippen molar-refractivity contribution in [2.45, 2.75) is 6.42 Å². The fraction of sp³-hybridized carbons (Fsp3) is 0.385. The van der Waals surface area contributed by atoms with E-state index in [2.05, 4.69) is 5.32 Å². The van der Waals surface area contributed by atoms with Crippen molar-refractivity contribution in [3.05, 3.63) is 29.3 Å². The van der Waals surface area contributed by atoms with Gasteiger partial charge in [0.25, 0.3) is 0 Å². The highest BCUT2D eigenvalue weighted by Gasteiger charge is 2.20. The van der Waals surface area contributed by atoms with Gasteiger partial charge in [-0.25, -0.2) is 9.59 Å². The van der Waals surface area contributed by atoms with E-state index >= 15 is 0 Å². The number of benzene rings is 1. The molecule has 0 atom stereocenters. The fourth-order valence-electron chi connectivity index (χ4n) is 2.08. The third-order valence-corrected chi connectivity index (χ3v) is 3.44. The van der Waals surface area contributed by atoms with Crippen LogP contribution < -0.4 is 11.1 Å². The van der Waals surface area contributed by atoms with Gasteiger partial charge in [0, 0.05) is 36.9 Å². The van der Waals surface area contributed by atoms with E-state index in [1.54, 1.807) is 34.1 Å². The highest BCUT2D eigenvalue weighted by molar-refractivity contribution is 6.30. The molecule has 6 nitrogen and oxygen atoms in total. The van der Waals surface area contributed by atoms with Crippen molar-refractivity contribution in [2.75, 3.05) is 31.5 Å². The summed E-state index contributed by atoms with van der Waals surface area (Å²) in [7, 11) is 0. The van der Waals surface area contributed by atoms with Crippen LogP contribution in [-0.2, 0) is 0 Å². The molecule has 0 unspecified atom stereocenters. The van der Waals surface area contributed by atoms with Gasteiger partial charge in [0.15, 0.2) is 0 Å². The minimum Gasteiger partial charge on any atom is -0.351 e. The summed E-state index contributed by atoms with van der Waals surface area (Å²) in [5.41, 5.74) is 5.94. The van der Waals surface area contributed by atoms with Crippen molar-refractivity contribution in [3.63, 3.8) is 0 Å². The quantitative estimate of drug-likeness (QED) is 0.831. The Kier molecular flexibility index (Phi) is 4.68. The summed E-state index contributed by atoms with van der Waals surface area (Å²) in [6.45, 7) is 2.12. The molecule has 1 aliphatic rings. The lowest BCUT2D eigenvalue weighted by molar-refractivity contribution is 0.203. The molecule has 1 heterocycles. The van der Waals surface area contributed by atoms with Crippen LogP contribution >= 0.6 is 11.6 Å². The molecule has 0 aromatic heterocycles. The Balaban J connectivity index is 1.92. The lowest BCUT2D eigenvalue weighted by Gasteiger charge is -2.21. The first-order chi connectivity index (χ1) is 9.56. The van der Waals surface area contributed by atoms with E-state index in [9.17, 15) is 9.59 Å². The van der Waals surface area contributed by atoms with Gasteiger partial charge in [-0.2, -0.15) is 0 Å². The van der Waals surface area contributed by atoms with E-state index in [0.29, 0.717) is 36.9 Å². The maximum atomic E-state index is 12.1. The number of hydrogen-bond acceptors (Lipinski definition) is 2. The zero-order chi connectivity index (χ0) is 14.5. The Morgan fingerprint density at radius 2 is 1.65 bits per heavy atom. The molecule has 2 rings (SSSR count). The minimum absolute atomic E-state index is 0.182. The second-order valence-corrected chi connectivity index (χ2v) is 5.04. The van der Waals surface area contributed by atoms with Gasteiger partial charge in [0.1, 0.15) is 0 Å². The van der Waals surface area contributed by atoms with Crippen LogP contribution in [0.5, 0.6) is 0 Å². The molecule has 0 bridgehead atoms. The minimum atomic E-state index is -0.440. The molecule has 0 radical (unpaired) electrons. The Labute approximate surface area is 122 Å². The molecule has 0 spiro atoms. The summed E-state index contributed by atoms with van der Waals surface area (Å²) in [5.74, 6) is 0. The lowest BCUT2D eigenvalue weighted by atomic mass is 10.3. The number of nitrogens with zero attached hydrogens (tertiary/aromatic N) is 2. The number of amides is 4. The molecular formula is C13H17ClN4O2. The van der Waals surface area contributed by atoms with Gasteiger partial charge in [-0.05, 0) is 30.7 Å². The number of urea groups is 2. The molecule has 0 saturated carbocycles. The van der Waals surface area contributed by atoms with Crippen LogP contribution in [0.1, 0.15) is 6.42 Å². The average molecular weight is 297 g/mol. The summed E-state index contributed by atoms with van der Waals surface area (Å²) in [4.78, 5) is 26.5. The van der Waals surface area contributed by atoms with E-state index in [-0.39, 0.29) is 6.03 Å². The molecule has 20 heavy (non-hydrogen) atoms. The van der Waals surface area contributed by atoms with Gasteiger partial charge in [-0.15, -0.1) is 0 Å². The predicted molar refractivity (Wildman–Crippen MR) is 77.8 cm³/mol. The molecule has 3 N–H and O–H groups in total. The Hall–Kier alpha value is -1.95. The highest BCUT2D eigenvalue weighted by atomic mass is 35.5. The molecule has 4 amide bonds. The largest absolute Gasteiger partial charge is 0.351 e. The molecule has 1 aromatic carbocycles. The van der Waals surface area contributed by atoms with Gasteiger partial charge < -0.3 is 20.9 Å². The van der Waals surface area contributed by atoms with E-state index in [4.69, 9.17) is 17.3 Å². The maximum absolute atomic E-state index is 12.1. The molecule has 0 aliphatic carbocycles. The van der Waals surface area contributed by atoms with Gasteiger partial charge in [0.05, 0.1) is 0 Å². The average Bonchev–Trinajstić information content (AvgIpc) is 2.67. The first kappa shape index (κ1) is 14.5. The number of nitrogens with one attached hydrogen (secondary N) is 1. The summed E-state index contributed by atoms with van der Waals surface area (Å²) < 4.78 is 0. The third-order valence-electron chi connectivity index (χ3n) is 3.19. The first-order valence-electron chi connectivity index (χ1n) is 6.42. The number of halogens is 1. The maximum Gasteiger partial charge on any atom is 0.321 e. The highest BCUT2D eigenvalue weighted by Crippen LogP contribution is 2.14. The predicted octanol–water partition coefficient (Wildman–Crippen LogP) is 1.96. The number of carbonyl (C=O) groups excluding carboxylic acids is 2. The molecular weight excluding hydrogens is 280 g/mol. The van der Waals surface area contributed by atoms with Gasteiger partial charge in [0.2, 0.25) is 0 Å². The van der Waals surface area contributed by atoms with E-state index in [1.807, 2.05) is 0 Å². The second-order valence-electron chi connectivity index (χ2n) is 4.60. The van der Waals surface area contributed by atoms with Crippen molar-refractivity contribution < 1.29 is 9.59 Å². The summed E-state index contributed by atoms with van der Waals surface area (Å²) in [5, 5.41) is 3.42. The lowest BCUT2D eigenvalue weighted by Crippen LogP contribution is -2.40. The van der Waals surface area contributed by atoms with Crippen LogP contribution in [-0.4, -0.2) is 48.0 Å². The molecule has 1 aromatic rings. The summed E-state index contributed by atoms with van der Waals surface area (Å²) in [6.07, 6.45) is 0.719. The number of carbonyl (C=O) groups is 2. The SMILES string of the molecule is NC(=O)N1CCCN(C(=O)Nc2ccc(Cl)cc2)CC1. The number of hydrogen-bond donors (Lipinski definition) is 2. The zero-order valence-electron chi connectivity index (χ0n) is 11.0. The topological polar surface area (TPSA) is 78.7 Å². The number of nitrogens with two attached hydrogens (primary N) is 1. The Morgan fingerprint density at radius 3 is 2.30 bits per heavy atom. The Bertz CT molecular complexity index is 492. The van der Waals surface area contributed by atoms with Crippen LogP contribution in [0, 0.1) is 0 Å². The van der Waals surface area contributed by atoms with E-state index in [0.717, 1.165) is 6.42 Å². The van der Waals surface area contributed by atoms with Crippen LogP contribution in [0.2, 0.25) is 5.02 Å². The van der Waals surface area contributed by atoms with Gasteiger partial charge in [-0.1, -0.05) is 11.6 Å². The first-order valence-corrected chi connectivity index (χ1v) is 6.80. The zero-order valence-corrected chi connectivity index (χ0v) is 11.8. The number of rotatable bonds is 1. The normalized spacial score (nSPS) is 15.7. The monoisotopic (exact) mass is 296 g/mol. The standard InChI is InChI=1S/C13H17ClN4O2/c14-10-2-4-11(5-3-10)16-13(20)18-7-1-6-17(8-9-18)12(15)19/h2-5H,1,6-9H2,(H2,15,19)(H,16,20).